The van der Waals surface area contributed by atoms with E-state index in [0.717, 1.165) is 38.5 Å². The first kappa shape index (κ1) is 16.4. The Hall–Kier alpha value is -2.02. The van der Waals surface area contributed by atoms with Gasteiger partial charge in [0.05, 0.1) is 24.2 Å². The quantitative estimate of drug-likeness (QED) is 0.768. The van der Waals surface area contributed by atoms with Gasteiger partial charge in [-0.2, -0.15) is 5.26 Å². The van der Waals surface area contributed by atoms with E-state index in [2.05, 4.69) is 13.0 Å². The van der Waals surface area contributed by atoms with Gasteiger partial charge < -0.3 is 9.47 Å². The maximum Gasteiger partial charge on any atom is 0.338 e. The van der Waals surface area contributed by atoms with Crippen molar-refractivity contribution in [1.29, 1.82) is 5.26 Å². The summed E-state index contributed by atoms with van der Waals surface area (Å²) < 4.78 is 10.7. The van der Waals surface area contributed by atoms with E-state index >= 15 is 0 Å². The fraction of sp³-hybridized carbons (Fsp3) is 0.556. The van der Waals surface area contributed by atoms with Gasteiger partial charge in [-0.15, -0.1) is 0 Å². The molecule has 0 spiro atoms. The minimum atomic E-state index is -0.299. The third-order valence-corrected chi connectivity index (χ3v) is 4.45. The molecule has 0 radical (unpaired) electrons. The molecule has 0 N–H and O–H groups in total. The highest BCUT2D eigenvalue weighted by atomic mass is 16.5. The standard InChI is InChI=1S/C18H23NO3/c1-3-10-18(13-19)11-8-16(9-12-18)22-17(20)14-4-6-15(21-2)7-5-14/h4-7,16H,3,8-12H2,1-2H3. The third-order valence-electron chi connectivity index (χ3n) is 4.45. The van der Waals surface area contributed by atoms with Gasteiger partial charge in [-0.3, -0.25) is 0 Å². The fourth-order valence-corrected chi connectivity index (χ4v) is 3.10. The first-order valence-corrected chi connectivity index (χ1v) is 7.89. The highest BCUT2D eigenvalue weighted by Crippen LogP contribution is 2.40. The summed E-state index contributed by atoms with van der Waals surface area (Å²) >= 11 is 0. The van der Waals surface area contributed by atoms with Crippen molar-refractivity contribution in [2.24, 2.45) is 5.41 Å². The van der Waals surface area contributed by atoms with Crippen LogP contribution in [0.2, 0.25) is 0 Å². The number of benzene rings is 1. The SMILES string of the molecule is CCCC1(C#N)CCC(OC(=O)c2ccc(OC)cc2)CC1. The lowest BCUT2D eigenvalue weighted by Crippen LogP contribution is -2.31. The highest BCUT2D eigenvalue weighted by molar-refractivity contribution is 5.89. The second-order valence-corrected chi connectivity index (χ2v) is 5.98. The Bertz CT molecular complexity index is 536. The molecule has 1 fully saturated rings. The first-order chi connectivity index (χ1) is 10.6. The van der Waals surface area contributed by atoms with Crippen LogP contribution in [-0.2, 0) is 4.74 Å². The summed E-state index contributed by atoms with van der Waals surface area (Å²) in [5.74, 6) is 0.417. The van der Waals surface area contributed by atoms with E-state index in [1.54, 1.807) is 31.4 Å². The molecule has 1 aromatic rings. The van der Waals surface area contributed by atoms with E-state index < -0.39 is 0 Å². The summed E-state index contributed by atoms with van der Waals surface area (Å²) in [4.78, 5) is 12.1. The fourth-order valence-electron chi connectivity index (χ4n) is 3.10. The molecule has 0 unspecified atom stereocenters. The van der Waals surface area contributed by atoms with Crippen molar-refractivity contribution in [3.8, 4) is 11.8 Å². The number of ether oxygens (including phenoxy) is 2. The Morgan fingerprint density at radius 2 is 1.95 bits per heavy atom. The zero-order valence-electron chi connectivity index (χ0n) is 13.3. The molecule has 0 bridgehead atoms. The zero-order chi connectivity index (χ0) is 16.0. The number of esters is 1. The van der Waals surface area contributed by atoms with Gasteiger partial charge in [0, 0.05) is 0 Å². The minimum absolute atomic E-state index is 0.0760. The van der Waals surface area contributed by atoms with Gasteiger partial charge in [-0.25, -0.2) is 4.79 Å². The number of carbonyl (C=O) groups excluding carboxylic acids is 1. The minimum Gasteiger partial charge on any atom is -0.497 e. The van der Waals surface area contributed by atoms with E-state index in [9.17, 15) is 10.1 Å². The van der Waals surface area contributed by atoms with Crippen molar-refractivity contribution in [2.45, 2.75) is 51.6 Å². The van der Waals surface area contributed by atoms with Gasteiger partial charge in [0.1, 0.15) is 11.9 Å². The monoisotopic (exact) mass is 301 g/mol. The van der Waals surface area contributed by atoms with Gasteiger partial charge in [0.25, 0.3) is 0 Å². The van der Waals surface area contributed by atoms with Crippen LogP contribution in [-0.4, -0.2) is 19.2 Å². The van der Waals surface area contributed by atoms with Crippen LogP contribution in [0.25, 0.3) is 0 Å². The predicted octanol–water partition coefficient (Wildman–Crippen LogP) is 4.10. The van der Waals surface area contributed by atoms with Crippen molar-refractivity contribution in [3.63, 3.8) is 0 Å². The molecule has 0 aromatic heterocycles. The maximum absolute atomic E-state index is 12.1. The van der Waals surface area contributed by atoms with Crippen LogP contribution in [0.5, 0.6) is 5.75 Å². The summed E-state index contributed by atoms with van der Waals surface area (Å²) in [5.41, 5.74) is 0.323. The Labute approximate surface area is 132 Å². The van der Waals surface area contributed by atoms with Crippen molar-refractivity contribution in [3.05, 3.63) is 29.8 Å². The molecule has 4 nitrogen and oxygen atoms in total. The summed E-state index contributed by atoms with van der Waals surface area (Å²) in [6.45, 7) is 2.11. The van der Waals surface area contributed by atoms with Crippen LogP contribution in [0, 0.1) is 16.7 Å². The largest absolute Gasteiger partial charge is 0.497 e. The summed E-state index contributed by atoms with van der Waals surface area (Å²) in [7, 11) is 1.59. The Morgan fingerprint density at radius 3 is 2.45 bits per heavy atom. The molecule has 1 aromatic carbocycles. The Kier molecular flexibility index (Phi) is 5.43. The zero-order valence-corrected chi connectivity index (χ0v) is 13.3. The molecular weight excluding hydrogens is 278 g/mol. The van der Waals surface area contributed by atoms with Gasteiger partial charge in [-0.05, 0) is 56.4 Å². The van der Waals surface area contributed by atoms with Crippen molar-refractivity contribution < 1.29 is 14.3 Å². The van der Waals surface area contributed by atoms with Crippen LogP contribution in [0.4, 0.5) is 0 Å². The van der Waals surface area contributed by atoms with Crippen LogP contribution in [0.3, 0.4) is 0 Å². The molecular formula is C18H23NO3. The third kappa shape index (κ3) is 3.79. The number of rotatable bonds is 5. The summed E-state index contributed by atoms with van der Waals surface area (Å²) in [6.07, 6.45) is 5.06. The molecule has 0 amide bonds. The summed E-state index contributed by atoms with van der Waals surface area (Å²) in [5, 5.41) is 9.40. The molecule has 0 atom stereocenters. The smallest absolute Gasteiger partial charge is 0.338 e. The lowest BCUT2D eigenvalue weighted by atomic mass is 9.71. The number of nitrogens with zero attached hydrogens (tertiary/aromatic N) is 1. The average molecular weight is 301 g/mol. The van der Waals surface area contributed by atoms with Crippen molar-refractivity contribution >= 4 is 5.97 Å². The Balaban J connectivity index is 1.90. The van der Waals surface area contributed by atoms with Crippen molar-refractivity contribution in [2.75, 3.05) is 7.11 Å². The molecule has 2 rings (SSSR count). The Morgan fingerprint density at radius 1 is 1.32 bits per heavy atom. The molecule has 22 heavy (non-hydrogen) atoms. The number of nitriles is 1. The van der Waals surface area contributed by atoms with E-state index in [4.69, 9.17) is 9.47 Å². The molecule has 1 aliphatic rings. The highest BCUT2D eigenvalue weighted by Gasteiger charge is 2.36. The average Bonchev–Trinajstić information content (AvgIpc) is 2.57. The number of hydrogen-bond donors (Lipinski definition) is 0. The van der Waals surface area contributed by atoms with Gasteiger partial charge >= 0.3 is 5.97 Å². The second kappa shape index (κ2) is 7.31. The van der Waals surface area contributed by atoms with Crippen LogP contribution in [0.15, 0.2) is 24.3 Å². The van der Waals surface area contributed by atoms with Gasteiger partial charge in [-0.1, -0.05) is 13.3 Å². The number of carbonyl (C=O) groups is 1. The van der Waals surface area contributed by atoms with E-state index in [1.807, 2.05) is 0 Å². The van der Waals surface area contributed by atoms with E-state index in [-0.39, 0.29) is 17.5 Å². The topological polar surface area (TPSA) is 59.3 Å². The van der Waals surface area contributed by atoms with Gasteiger partial charge in [0.2, 0.25) is 0 Å². The maximum atomic E-state index is 12.1. The molecule has 0 heterocycles. The lowest BCUT2D eigenvalue weighted by molar-refractivity contribution is 0.0106. The summed E-state index contributed by atoms with van der Waals surface area (Å²) in [6, 6.07) is 9.40. The molecule has 0 aliphatic heterocycles. The predicted molar refractivity (Wildman–Crippen MR) is 83.6 cm³/mol. The normalized spacial score (nSPS) is 24.3. The number of hydrogen-bond acceptors (Lipinski definition) is 4. The molecule has 1 aliphatic carbocycles. The molecule has 1 saturated carbocycles. The lowest BCUT2D eigenvalue weighted by Gasteiger charge is -2.34. The second-order valence-electron chi connectivity index (χ2n) is 5.98. The first-order valence-electron chi connectivity index (χ1n) is 7.89. The van der Waals surface area contributed by atoms with E-state index in [0.29, 0.717) is 11.3 Å². The van der Waals surface area contributed by atoms with Gasteiger partial charge in [0.15, 0.2) is 0 Å². The van der Waals surface area contributed by atoms with E-state index in [1.165, 1.54) is 0 Å². The van der Waals surface area contributed by atoms with Crippen molar-refractivity contribution in [1.82, 2.24) is 0 Å². The molecule has 4 heteroatoms. The van der Waals surface area contributed by atoms with Crippen LogP contribution < -0.4 is 4.74 Å². The van der Waals surface area contributed by atoms with Crippen LogP contribution in [0.1, 0.15) is 55.8 Å². The van der Waals surface area contributed by atoms with Crippen LogP contribution >= 0.6 is 0 Å². The number of methoxy groups -OCH3 is 1. The molecule has 118 valence electrons. The molecule has 0 saturated heterocycles.